The number of imidazole rings is 1. The van der Waals surface area contributed by atoms with Crippen LogP contribution in [-0.4, -0.2) is 9.97 Å². The molecular formula is C8H11N3. The third kappa shape index (κ3) is 1.17. The van der Waals surface area contributed by atoms with E-state index in [-0.39, 0.29) is 7.43 Å². The van der Waals surface area contributed by atoms with Crippen LogP contribution in [0.3, 0.4) is 0 Å². The third-order valence-corrected chi connectivity index (χ3v) is 1.44. The molecule has 0 radical (unpaired) electrons. The first kappa shape index (κ1) is 7.60. The van der Waals surface area contributed by atoms with Gasteiger partial charge in [-0.2, -0.15) is 0 Å². The summed E-state index contributed by atoms with van der Waals surface area (Å²) < 4.78 is 0. The Hall–Kier alpha value is -1.51. The van der Waals surface area contributed by atoms with E-state index in [1.807, 2.05) is 18.2 Å². The van der Waals surface area contributed by atoms with Crippen molar-refractivity contribution in [3.05, 3.63) is 24.5 Å². The molecule has 3 heteroatoms. The van der Waals surface area contributed by atoms with Crippen LogP contribution in [-0.2, 0) is 0 Å². The first-order chi connectivity index (χ1) is 4.86. The summed E-state index contributed by atoms with van der Waals surface area (Å²) in [6.07, 6.45) is 1.66. The van der Waals surface area contributed by atoms with Crippen LogP contribution < -0.4 is 5.73 Å². The fraction of sp³-hybridized carbons (Fsp3) is 0.125. The Morgan fingerprint density at radius 1 is 1.36 bits per heavy atom. The van der Waals surface area contributed by atoms with Gasteiger partial charge in [-0.1, -0.05) is 7.43 Å². The predicted octanol–water partition coefficient (Wildman–Crippen LogP) is 1.78. The minimum Gasteiger partial charge on any atom is -0.399 e. The molecule has 2 rings (SSSR count). The summed E-state index contributed by atoms with van der Waals surface area (Å²) in [6.45, 7) is 0. The number of fused-ring (bicyclic) bond motifs is 1. The van der Waals surface area contributed by atoms with Crippen molar-refractivity contribution in [3.63, 3.8) is 0 Å². The van der Waals surface area contributed by atoms with E-state index in [9.17, 15) is 0 Å². The van der Waals surface area contributed by atoms with Crippen molar-refractivity contribution in [1.29, 1.82) is 0 Å². The number of nitrogens with one attached hydrogen (secondary N) is 1. The van der Waals surface area contributed by atoms with Crippen molar-refractivity contribution in [1.82, 2.24) is 9.97 Å². The number of nitrogens with two attached hydrogens (primary N) is 1. The zero-order chi connectivity index (χ0) is 6.97. The van der Waals surface area contributed by atoms with Gasteiger partial charge in [0.05, 0.1) is 17.4 Å². The van der Waals surface area contributed by atoms with Crippen molar-refractivity contribution in [2.24, 2.45) is 0 Å². The lowest BCUT2D eigenvalue weighted by Gasteiger charge is -1.89. The number of hydrogen-bond acceptors (Lipinski definition) is 2. The molecule has 0 unspecified atom stereocenters. The number of anilines is 1. The average Bonchev–Trinajstić information content (AvgIpc) is 2.33. The Labute approximate surface area is 65.3 Å². The largest absolute Gasteiger partial charge is 0.399 e. The lowest BCUT2D eigenvalue weighted by atomic mass is 10.3. The second-order valence-electron chi connectivity index (χ2n) is 2.18. The smallest absolute Gasteiger partial charge is 0.0931 e. The molecule has 0 fully saturated rings. The normalized spacial score (nSPS) is 9.45. The monoisotopic (exact) mass is 149 g/mol. The molecule has 3 N–H and O–H groups in total. The quantitative estimate of drug-likeness (QED) is 0.561. The van der Waals surface area contributed by atoms with E-state index >= 15 is 0 Å². The molecule has 0 atom stereocenters. The molecule has 11 heavy (non-hydrogen) atoms. The van der Waals surface area contributed by atoms with Gasteiger partial charge in [0, 0.05) is 5.69 Å². The summed E-state index contributed by atoms with van der Waals surface area (Å²) in [7, 11) is 0. The summed E-state index contributed by atoms with van der Waals surface area (Å²) in [6, 6.07) is 5.59. The molecule has 58 valence electrons. The first-order valence-electron chi connectivity index (χ1n) is 3.05. The maximum atomic E-state index is 5.54. The number of nitrogen functional groups attached to an aromatic ring is 1. The van der Waals surface area contributed by atoms with Gasteiger partial charge < -0.3 is 10.7 Å². The van der Waals surface area contributed by atoms with E-state index in [1.165, 1.54) is 0 Å². The fourth-order valence-electron chi connectivity index (χ4n) is 0.953. The Balaban J connectivity index is 0.000000605. The fourth-order valence-corrected chi connectivity index (χ4v) is 0.953. The summed E-state index contributed by atoms with van der Waals surface area (Å²) in [5.74, 6) is 0. The average molecular weight is 149 g/mol. The molecule has 1 aromatic carbocycles. The Morgan fingerprint density at radius 2 is 2.18 bits per heavy atom. The number of hydrogen-bond donors (Lipinski definition) is 2. The van der Waals surface area contributed by atoms with Gasteiger partial charge in [0.2, 0.25) is 0 Å². The molecule has 0 aliphatic heterocycles. The zero-order valence-corrected chi connectivity index (χ0v) is 5.33. The van der Waals surface area contributed by atoms with Gasteiger partial charge in [0.25, 0.3) is 0 Å². The number of nitrogens with zero attached hydrogens (tertiary/aromatic N) is 1. The molecule has 3 nitrogen and oxygen atoms in total. The number of rotatable bonds is 0. The Morgan fingerprint density at radius 3 is 3.00 bits per heavy atom. The van der Waals surface area contributed by atoms with Crippen LogP contribution in [0.1, 0.15) is 7.43 Å². The number of aromatic amines is 1. The van der Waals surface area contributed by atoms with Gasteiger partial charge in [0.15, 0.2) is 0 Å². The van der Waals surface area contributed by atoms with Gasteiger partial charge in [-0.25, -0.2) is 4.98 Å². The van der Waals surface area contributed by atoms with E-state index in [0.29, 0.717) is 0 Å². The number of aromatic nitrogens is 2. The molecule has 1 aromatic heterocycles. The molecule has 0 aliphatic carbocycles. The highest BCUT2D eigenvalue weighted by Crippen LogP contribution is 2.11. The second-order valence-corrected chi connectivity index (χ2v) is 2.18. The topological polar surface area (TPSA) is 54.7 Å². The van der Waals surface area contributed by atoms with Crippen LogP contribution in [0, 0.1) is 0 Å². The van der Waals surface area contributed by atoms with Crippen LogP contribution in [0.15, 0.2) is 24.5 Å². The van der Waals surface area contributed by atoms with Crippen molar-refractivity contribution in [2.75, 3.05) is 5.73 Å². The van der Waals surface area contributed by atoms with Crippen molar-refractivity contribution in [2.45, 2.75) is 7.43 Å². The molecule has 0 saturated heterocycles. The summed E-state index contributed by atoms with van der Waals surface area (Å²) in [5.41, 5.74) is 8.24. The maximum Gasteiger partial charge on any atom is 0.0931 e. The molecule has 0 bridgehead atoms. The summed E-state index contributed by atoms with van der Waals surface area (Å²) >= 11 is 0. The van der Waals surface area contributed by atoms with Crippen LogP contribution >= 0.6 is 0 Å². The van der Waals surface area contributed by atoms with E-state index in [1.54, 1.807) is 6.33 Å². The zero-order valence-electron chi connectivity index (χ0n) is 5.33. The van der Waals surface area contributed by atoms with Crippen molar-refractivity contribution in [3.8, 4) is 0 Å². The maximum absolute atomic E-state index is 5.54. The minimum atomic E-state index is 0. The lowest BCUT2D eigenvalue weighted by molar-refractivity contribution is 1.34. The summed E-state index contributed by atoms with van der Waals surface area (Å²) in [4.78, 5) is 7.02. The van der Waals surface area contributed by atoms with Gasteiger partial charge >= 0.3 is 0 Å². The summed E-state index contributed by atoms with van der Waals surface area (Å²) in [5, 5.41) is 0. The Kier molecular flexibility index (Phi) is 1.81. The molecule has 2 aromatic rings. The Bertz CT molecular complexity index is 351. The molecule has 1 heterocycles. The first-order valence-corrected chi connectivity index (χ1v) is 3.05. The highest BCUT2D eigenvalue weighted by Gasteiger charge is 1.92. The lowest BCUT2D eigenvalue weighted by Crippen LogP contribution is -1.82. The molecule has 0 spiro atoms. The molecule has 0 aliphatic rings. The molecular weight excluding hydrogens is 138 g/mol. The SMILES string of the molecule is C.Nc1ccc2nc[nH]c2c1. The van der Waals surface area contributed by atoms with E-state index in [0.717, 1.165) is 16.7 Å². The van der Waals surface area contributed by atoms with Gasteiger partial charge in [-0.15, -0.1) is 0 Å². The van der Waals surface area contributed by atoms with E-state index in [2.05, 4.69) is 9.97 Å². The van der Waals surface area contributed by atoms with E-state index < -0.39 is 0 Å². The van der Waals surface area contributed by atoms with E-state index in [4.69, 9.17) is 5.73 Å². The molecule has 0 amide bonds. The predicted molar refractivity (Wildman–Crippen MR) is 47.2 cm³/mol. The van der Waals surface area contributed by atoms with Gasteiger partial charge in [-0.05, 0) is 18.2 Å². The van der Waals surface area contributed by atoms with Crippen molar-refractivity contribution < 1.29 is 0 Å². The van der Waals surface area contributed by atoms with Crippen molar-refractivity contribution >= 4 is 16.7 Å². The van der Waals surface area contributed by atoms with Crippen LogP contribution in [0.25, 0.3) is 11.0 Å². The molecule has 0 saturated carbocycles. The second kappa shape index (κ2) is 2.62. The third-order valence-electron chi connectivity index (χ3n) is 1.44. The minimum absolute atomic E-state index is 0. The highest BCUT2D eigenvalue weighted by molar-refractivity contribution is 5.77. The van der Waals surface area contributed by atoms with Gasteiger partial charge in [-0.3, -0.25) is 0 Å². The van der Waals surface area contributed by atoms with Crippen LogP contribution in [0.4, 0.5) is 5.69 Å². The van der Waals surface area contributed by atoms with Gasteiger partial charge in [0.1, 0.15) is 0 Å². The van der Waals surface area contributed by atoms with Crippen LogP contribution in [0.2, 0.25) is 0 Å². The number of H-pyrrole nitrogens is 1. The van der Waals surface area contributed by atoms with Crippen LogP contribution in [0.5, 0.6) is 0 Å². The standard InChI is InChI=1S/C7H7N3.CH4/c8-5-1-2-6-7(3-5)10-4-9-6;/h1-4H,8H2,(H,9,10);1H4. The number of benzene rings is 1. The highest BCUT2D eigenvalue weighted by atomic mass is 14.9.